The van der Waals surface area contributed by atoms with Crippen LogP contribution < -0.4 is 0 Å². The normalized spacial score (nSPS) is 11.2. The third-order valence-electron chi connectivity index (χ3n) is 3.99. The second-order valence-corrected chi connectivity index (χ2v) is 7.47. The first-order chi connectivity index (χ1) is 12.7. The predicted molar refractivity (Wildman–Crippen MR) is 107 cm³/mol. The van der Waals surface area contributed by atoms with Crippen molar-refractivity contribution >= 4 is 46.0 Å². The van der Waals surface area contributed by atoms with Gasteiger partial charge in [-0.2, -0.15) is 5.10 Å². The number of halogens is 2. The minimum atomic E-state index is 0.633. The molecule has 0 unspecified atom stereocenters. The Morgan fingerprint density at radius 3 is 2.46 bits per heavy atom. The van der Waals surface area contributed by atoms with E-state index >= 15 is 0 Å². The van der Waals surface area contributed by atoms with E-state index in [9.17, 15) is 0 Å². The van der Waals surface area contributed by atoms with Crippen molar-refractivity contribution in [2.45, 2.75) is 17.3 Å². The van der Waals surface area contributed by atoms with Crippen molar-refractivity contribution in [2.24, 2.45) is 0 Å². The highest BCUT2D eigenvalue weighted by molar-refractivity contribution is 7.98. The number of thioether (sulfide) groups is 1. The van der Waals surface area contributed by atoms with Gasteiger partial charge < -0.3 is 0 Å². The van der Waals surface area contributed by atoms with E-state index in [2.05, 4.69) is 27.2 Å². The highest BCUT2D eigenvalue weighted by Gasteiger charge is 2.12. The van der Waals surface area contributed by atoms with Gasteiger partial charge in [-0.1, -0.05) is 59.6 Å². The molecule has 0 atom stereocenters. The first-order valence-corrected chi connectivity index (χ1v) is 9.72. The van der Waals surface area contributed by atoms with Gasteiger partial charge in [0.15, 0.2) is 5.65 Å². The van der Waals surface area contributed by atoms with Crippen LogP contribution in [0.25, 0.3) is 11.0 Å². The van der Waals surface area contributed by atoms with Crippen LogP contribution in [0, 0.1) is 0 Å². The minimum absolute atomic E-state index is 0.633. The van der Waals surface area contributed by atoms with E-state index in [1.807, 2.05) is 47.3 Å². The Kier molecular flexibility index (Phi) is 5.11. The molecule has 130 valence electrons. The van der Waals surface area contributed by atoms with E-state index in [0.717, 1.165) is 21.6 Å². The number of benzene rings is 2. The molecule has 2 aromatic carbocycles. The van der Waals surface area contributed by atoms with E-state index < -0.39 is 0 Å². The molecular formula is C19H14Cl2N4S. The molecule has 0 aliphatic rings. The summed E-state index contributed by atoms with van der Waals surface area (Å²) in [6, 6.07) is 15.7. The number of fused-ring (bicyclic) bond motifs is 1. The Hall–Kier alpha value is -2.08. The summed E-state index contributed by atoms with van der Waals surface area (Å²) in [7, 11) is 0. The van der Waals surface area contributed by atoms with E-state index in [0.29, 0.717) is 22.3 Å². The molecule has 0 spiro atoms. The maximum absolute atomic E-state index is 6.26. The second kappa shape index (κ2) is 7.66. The summed E-state index contributed by atoms with van der Waals surface area (Å²) in [6.07, 6.45) is 3.39. The highest BCUT2D eigenvalue weighted by Crippen LogP contribution is 2.33. The van der Waals surface area contributed by atoms with Gasteiger partial charge in [0.2, 0.25) is 0 Å². The number of rotatable bonds is 5. The Morgan fingerprint density at radius 1 is 0.923 bits per heavy atom. The van der Waals surface area contributed by atoms with Crippen molar-refractivity contribution in [1.29, 1.82) is 0 Å². The van der Waals surface area contributed by atoms with Crippen LogP contribution in [-0.4, -0.2) is 19.7 Å². The molecule has 0 saturated heterocycles. The van der Waals surface area contributed by atoms with Crippen molar-refractivity contribution in [1.82, 2.24) is 19.7 Å². The molecule has 0 amide bonds. The number of aromatic nitrogens is 4. The lowest BCUT2D eigenvalue weighted by Gasteiger charge is -2.07. The van der Waals surface area contributed by atoms with Crippen LogP contribution in [0.5, 0.6) is 0 Å². The fourth-order valence-corrected chi connectivity index (χ4v) is 4.37. The maximum Gasteiger partial charge on any atom is 0.162 e. The van der Waals surface area contributed by atoms with E-state index in [4.69, 9.17) is 23.2 Å². The summed E-state index contributed by atoms with van der Waals surface area (Å²) in [5.74, 6) is 0.633. The zero-order valence-corrected chi connectivity index (χ0v) is 16.0. The quantitative estimate of drug-likeness (QED) is 0.328. The van der Waals surface area contributed by atoms with Crippen molar-refractivity contribution in [3.63, 3.8) is 0 Å². The summed E-state index contributed by atoms with van der Waals surface area (Å²) < 4.78 is 1.89. The molecule has 0 aliphatic carbocycles. The van der Waals surface area contributed by atoms with Gasteiger partial charge in [-0.15, -0.1) is 11.8 Å². The van der Waals surface area contributed by atoms with Gasteiger partial charge in [-0.3, -0.25) is 0 Å². The number of hydrogen-bond donors (Lipinski definition) is 0. The van der Waals surface area contributed by atoms with Crippen LogP contribution in [0.1, 0.15) is 11.1 Å². The van der Waals surface area contributed by atoms with Crippen molar-refractivity contribution in [3.8, 4) is 0 Å². The van der Waals surface area contributed by atoms with Crippen LogP contribution in [-0.2, 0) is 12.3 Å². The summed E-state index contributed by atoms with van der Waals surface area (Å²) in [4.78, 5) is 8.83. The average Bonchev–Trinajstić information content (AvgIpc) is 3.06. The number of hydrogen-bond acceptors (Lipinski definition) is 4. The predicted octanol–water partition coefficient (Wildman–Crippen LogP) is 5.47. The van der Waals surface area contributed by atoms with E-state index in [1.165, 1.54) is 5.56 Å². The molecule has 4 rings (SSSR count). The molecule has 4 aromatic rings. The van der Waals surface area contributed by atoms with Gasteiger partial charge in [-0.25, -0.2) is 14.6 Å². The van der Waals surface area contributed by atoms with Crippen LogP contribution in [0.3, 0.4) is 0 Å². The standard InChI is InChI=1S/C19H14Cl2N4S/c20-16-7-4-8-17(21)15(16)11-26-19-14-9-24-25(18(14)22-12-23-19)10-13-5-2-1-3-6-13/h1-9,12H,10-11H2. The Bertz CT molecular complexity index is 1030. The van der Waals surface area contributed by atoms with Gasteiger partial charge in [-0.05, 0) is 23.3 Å². The molecule has 4 nitrogen and oxygen atoms in total. The van der Waals surface area contributed by atoms with Crippen LogP contribution >= 0.6 is 35.0 Å². The first-order valence-electron chi connectivity index (χ1n) is 7.98. The van der Waals surface area contributed by atoms with Crippen molar-refractivity contribution in [2.75, 3.05) is 0 Å². The van der Waals surface area contributed by atoms with Gasteiger partial charge in [0.1, 0.15) is 11.4 Å². The second-order valence-electron chi connectivity index (χ2n) is 5.69. The topological polar surface area (TPSA) is 43.6 Å². The summed E-state index contributed by atoms with van der Waals surface area (Å²) >= 11 is 14.1. The zero-order chi connectivity index (χ0) is 17.9. The SMILES string of the molecule is Clc1cccc(Cl)c1CSc1ncnc2c1cnn2Cc1ccccc1. The smallest absolute Gasteiger partial charge is 0.162 e. The van der Waals surface area contributed by atoms with Crippen molar-refractivity contribution < 1.29 is 0 Å². The highest BCUT2D eigenvalue weighted by atomic mass is 35.5. The van der Waals surface area contributed by atoms with Gasteiger partial charge in [0.25, 0.3) is 0 Å². The van der Waals surface area contributed by atoms with Crippen LogP contribution in [0.4, 0.5) is 0 Å². The Balaban J connectivity index is 1.61. The lowest BCUT2D eigenvalue weighted by Crippen LogP contribution is -2.02. The first kappa shape index (κ1) is 17.3. The molecule has 2 aromatic heterocycles. The van der Waals surface area contributed by atoms with Gasteiger partial charge in [0, 0.05) is 15.8 Å². The third-order valence-corrected chi connectivity index (χ3v) is 5.73. The molecule has 0 N–H and O–H groups in total. The molecule has 0 saturated carbocycles. The molecule has 2 heterocycles. The molecule has 0 bridgehead atoms. The zero-order valence-electron chi connectivity index (χ0n) is 13.6. The molecule has 7 heteroatoms. The average molecular weight is 401 g/mol. The fourth-order valence-electron chi connectivity index (χ4n) is 2.67. The minimum Gasteiger partial charge on any atom is -0.243 e. The summed E-state index contributed by atoms with van der Waals surface area (Å²) in [5, 5.41) is 7.61. The monoisotopic (exact) mass is 400 g/mol. The molecular weight excluding hydrogens is 387 g/mol. The van der Waals surface area contributed by atoms with Crippen LogP contribution in [0.15, 0.2) is 66.1 Å². The molecule has 26 heavy (non-hydrogen) atoms. The molecule has 0 radical (unpaired) electrons. The maximum atomic E-state index is 6.26. The van der Waals surface area contributed by atoms with E-state index in [-0.39, 0.29) is 0 Å². The lowest BCUT2D eigenvalue weighted by molar-refractivity contribution is 0.703. The molecule has 0 fully saturated rings. The largest absolute Gasteiger partial charge is 0.243 e. The lowest BCUT2D eigenvalue weighted by atomic mass is 10.2. The van der Waals surface area contributed by atoms with Crippen molar-refractivity contribution in [3.05, 3.63) is 82.2 Å². The Labute approximate surface area is 165 Å². The van der Waals surface area contributed by atoms with E-state index in [1.54, 1.807) is 18.1 Å². The summed E-state index contributed by atoms with van der Waals surface area (Å²) in [5.41, 5.74) is 2.90. The number of nitrogens with zero attached hydrogens (tertiary/aromatic N) is 4. The molecule has 0 aliphatic heterocycles. The van der Waals surface area contributed by atoms with Gasteiger partial charge >= 0.3 is 0 Å². The van der Waals surface area contributed by atoms with Gasteiger partial charge in [0.05, 0.1) is 18.1 Å². The summed E-state index contributed by atoms with van der Waals surface area (Å²) in [6.45, 7) is 0.668. The fraction of sp³-hybridized carbons (Fsp3) is 0.105. The third kappa shape index (κ3) is 3.56. The Morgan fingerprint density at radius 2 is 1.69 bits per heavy atom. The van der Waals surface area contributed by atoms with Crippen LogP contribution in [0.2, 0.25) is 10.0 Å².